The number of nitrogens with two attached hydrogens (primary N) is 1. The molecule has 0 amide bonds. The quantitative estimate of drug-likeness (QED) is 0.303. The lowest BCUT2D eigenvalue weighted by Crippen LogP contribution is -2.38. The second-order valence-corrected chi connectivity index (χ2v) is 14.2. The van der Waals surface area contributed by atoms with E-state index < -0.39 is 5.41 Å². The van der Waals surface area contributed by atoms with Crippen LogP contribution in [0.5, 0.6) is 5.88 Å². The first-order chi connectivity index (χ1) is 22.4. The standard InChI is InChI=1S/C33H38N8O4S/c1-18(25-12-20(42-3)15-40(25)2)44-27-13-24(23-8-11-41(38-23)19-16-43-17-19)36-32(37-27)29-21-6-4-9-33(30(21)45-39-29)10-5-7-26-28(33)22(14-34)31(35)46-26/h8,11,13,18-20,25H,4-7,9-10,12,15-17,35H2,1-3H3/t18-,20+,25-,33-/m0/s1. The predicted octanol–water partition coefficient (Wildman–Crippen LogP) is 4.53. The molecule has 8 rings (SSSR count). The van der Waals surface area contributed by atoms with Gasteiger partial charge in [0.1, 0.15) is 22.9 Å². The van der Waals surface area contributed by atoms with Crippen LogP contribution in [0.15, 0.2) is 22.9 Å². The van der Waals surface area contributed by atoms with Gasteiger partial charge in [-0.2, -0.15) is 15.3 Å². The molecule has 12 nitrogen and oxygen atoms in total. The van der Waals surface area contributed by atoms with Gasteiger partial charge in [0.15, 0.2) is 17.3 Å². The van der Waals surface area contributed by atoms with E-state index in [0.29, 0.717) is 46.9 Å². The normalized spacial score (nSPS) is 25.2. The number of hydrogen-bond donors (Lipinski definition) is 1. The Hall–Kier alpha value is -3.83. The van der Waals surface area contributed by atoms with Crippen LogP contribution in [0, 0.1) is 11.3 Å². The van der Waals surface area contributed by atoms with E-state index in [2.05, 4.69) is 30.1 Å². The van der Waals surface area contributed by atoms with Crippen LogP contribution >= 0.6 is 11.3 Å². The monoisotopic (exact) mass is 642 g/mol. The lowest BCUT2D eigenvalue weighted by Gasteiger charge is -2.39. The zero-order valence-corrected chi connectivity index (χ0v) is 27.2. The number of aromatic nitrogens is 5. The molecule has 13 heteroatoms. The molecule has 2 fully saturated rings. The molecule has 6 heterocycles. The molecule has 4 aliphatic rings. The summed E-state index contributed by atoms with van der Waals surface area (Å²) in [4.78, 5) is 13.4. The number of thiophene rings is 1. The number of aryl methyl sites for hydroxylation is 1. The van der Waals surface area contributed by atoms with Gasteiger partial charge in [-0.1, -0.05) is 5.16 Å². The third kappa shape index (κ3) is 4.73. The van der Waals surface area contributed by atoms with Gasteiger partial charge in [0.05, 0.1) is 42.0 Å². The molecule has 0 saturated carbocycles. The van der Waals surface area contributed by atoms with Crippen LogP contribution in [0.1, 0.15) is 72.4 Å². The summed E-state index contributed by atoms with van der Waals surface area (Å²) in [5, 5.41) is 20.2. The Bertz CT molecular complexity index is 1820. The van der Waals surface area contributed by atoms with Crippen LogP contribution in [0.2, 0.25) is 0 Å². The van der Waals surface area contributed by atoms with Gasteiger partial charge in [0.25, 0.3) is 0 Å². The molecule has 2 saturated heterocycles. The molecule has 1 spiro atoms. The highest BCUT2D eigenvalue weighted by Crippen LogP contribution is 2.55. The minimum atomic E-state index is -0.425. The maximum Gasteiger partial charge on any atom is 0.217 e. The Balaban J connectivity index is 1.20. The van der Waals surface area contributed by atoms with Crippen LogP contribution in [-0.2, 0) is 27.7 Å². The fourth-order valence-electron chi connectivity index (χ4n) is 7.96. The van der Waals surface area contributed by atoms with Gasteiger partial charge in [-0.3, -0.25) is 9.58 Å². The molecule has 4 aromatic rings. The van der Waals surface area contributed by atoms with Crippen molar-refractivity contribution in [3.8, 4) is 34.9 Å². The summed E-state index contributed by atoms with van der Waals surface area (Å²) in [6.07, 6.45) is 8.30. The molecule has 2 N–H and O–H groups in total. The summed E-state index contributed by atoms with van der Waals surface area (Å²) in [7, 11) is 3.86. The smallest absolute Gasteiger partial charge is 0.217 e. The number of hydrogen-bond acceptors (Lipinski definition) is 12. The number of likely N-dealkylation sites (tertiary alicyclic amines) is 1. The Kier molecular flexibility index (Phi) is 7.36. The Morgan fingerprint density at radius 1 is 1.20 bits per heavy atom. The second kappa shape index (κ2) is 11.5. The maximum atomic E-state index is 10.1. The number of fused-ring (bicyclic) bond motifs is 4. The molecule has 46 heavy (non-hydrogen) atoms. The number of likely N-dealkylation sites (N-methyl/N-ethyl adjacent to an activating group) is 1. The topological polar surface area (TPSA) is 150 Å². The Morgan fingerprint density at radius 2 is 2.02 bits per heavy atom. The van der Waals surface area contributed by atoms with Crippen molar-refractivity contribution in [1.29, 1.82) is 5.26 Å². The van der Waals surface area contributed by atoms with E-state index in [-0.39, 0.29) is 24.3 Å². The molecule has 2 aliphatic heterocycles. The van der Waals surface area contributed by atoms with Crippen molar-refractivity contribution < 1.29 is 18.7 Å². The van der Waals surface area contributed by atoms with Crippen molar-refractivity contribution in [3.63, 3.8) is 0 Å². The Morgan fingerprint density at radius 3 is 2.76 bits per heavy atom. The first kappa shape index (κ1) is 29.6. The van der Waals surface area contributed by atoms with E-state index in [1.807, 2.05) is 23.0 Å². The highest BCUT2D eigenvalue weighted by atomic mass is 32.1. The average Bonchev–Trinajstić information content (AvgIpc) is 3.81. The summed E-state index contributed by atoms with van der Waals surface area (Å²) in [6.45, 7) is 4.23. The van der Waals surface area contributed by atoms with Crippen molar-refractivity contribution in [3.05, 3.63) is 45.7 Å². The van der Waals surface area contributed by atoms with Gasteiger partial charge in [0.2, 0.25) is 5.88 Å². The number of ether oxygens (including phenoxy) is 3. The van der Waals surface area contributed by atoms with E-state index in [0.717, 1.165) is 74.1 Å². The summed E-state index contributed by atoms with van der Waals surface area (Å²) in [5.74, 6) is 1.73. The van der Waals surface area contributed by atoms with Crippen LogP contribution in [0.4, 0.5) is 5.00 Å². The largest absolute Gasteiger partial charge is 0.473 e. The lowest BCUT2D eigenvalue weighted by molar-refractivity contribution is -0.0285. The van der Waals surface area contributed by atoms with E-state index >= 15 is 0 Å². The molecule has 0 unspecified atom stereocenters. The predicted molar refractivity (Wildman–Crippen MR) is 171 cm³/mol. The third-order valence-corrected chi connectivity index (χ3v) is 11.5. The van der Waals surface area contributed by atoms with Gasteiger partial charge in [-0.15, -0.1) is 11.3 Å². The average molecular weight is 643 g/mol. The lowest BCUT2D eigenvalue weighted by atomic mass is 9.63. The van der Waals surface area contributed by atoms with Gasteiger partial charge >= 0.3 is 0 Å². The molecule has 0 aromatic carbocycles. The summed E-state index contributed by atoms with van der Waals surface area (Å²) in [6, 6.07) is 6.63. The van der Waals surface area contributed by atoms with Crippen molar-refractivity contribution in [2.75, 3.05) is 39.6 Å². The number of methoxy groups -OCH3 is 1. The number of nitrogen functional groups attached to an aromatic ring is 1. The van der Waals surface area contributed by atoms with Crippen LogP contribution in [0.25, 0.3) is 22.9 Å². The molecule has 2 aliphatic carbocycles. The maximum absolute atomic E-state index is 10.1. The highest BCUT2D eigenvalue weighted by molar-refractivity contribution is 7.16. The number of nitriles is 1. The molecule has 240 valence electrons. The zero-order chi connectivity index (χ0) is 31.6. The van der Waals surface area contributed by atoms with E-state index in [9.17, 15) is 5.26 Å². The fourth-order valence-corrected chi connectivity index (χ4v) is 9.12. The van der Waals surface area contributed by atoms with Crippen LogP contribution in [-0.4, -0.2) is 82.0 Å². The second-order valence-electron chi connectivity index (χ2n) is 13.1. The van der Waals surface area contributed by atoms with Gasteiger partial charge in [-0.25, -0.2) is 4.98 Å². The minimum Gasteiger partial charge on any atom is -0.473 e. The molecular formula is C33H38N8O4S. The molecular weight excluding hydrogens is 604 g/mol. The fraction of sp³-hybridized carbons (Fsp3) is 0.545. The number of nitrogens with zero attached hydrogens (tertiary/aromatic N) is 7. The summed E-state index contributed by atoms with van der Waals surface area (Å²) in [5.41, 5.74) is 10.6. The highest BCUT2D eigenvalue weighted by Gasteiger charge is 2.49. The van der Waals surface area contributed by atoms with Gasteiger partial charge in [-0.05, 0) is 70.5 Å². The van der Waals surface area contributed by atoms with Gasteiger partial charge < -0.3 is 24.5 Å². The Labute approximate surface area is 271 Å². The molecule has 0 radical (unpaired) electrons. The van der Waals surface area contributed by atoms with E-state index in [1.165, 1.54) is 16.2 Å². The van der Waals surface area contributed by atoms with Crippen LogP contribution < -0.4 is 10.5 Å². The van der Waals surface area contributed by atoms with Gasteiger partial charge in [0, 0.05) is 42.4 Å². The molecule has 4 aromatic heterocycles. The van der Waals surface area contributed by atoms with E-state index in [1.54, 1.807) is 7.11 Å². The first-order valence-electron chi connectivity index (χ1n) is 16.1. The molecule has 4 atom stereocenters. The number of rotatable bonds is 7. The van der Waals surface area contributed by atoms with Crippen molar-refractivity contribution >= 4 is 16.3 Å². The van der Waals surface area contributed by atoms with Crippen molar-refractivity contribution in [2.24, 2.45) is 0 Å². The molecule has 0 bridgehead atoms. The third-order valence-electron chi connectivity index (χ3n) is 10.4. The van der Waals surface area contributed by atoms with Crippen molar-refractivity contribution in [1.82, 2.24) is 29.8 Å². The number of anilines is 1. The van der Waals surface area contributed by atoms with E-state index in [4.69, 9.17) is 39.5 Å². The summed E-state index contributed by atoms with van der Waals surface area (Å²) < 4.78 is 25.8. The van der Waals surface area contributed by atoms with Crippen molar-refractivity contribution in [2.45, 2.75) is 81.6 Å². The van der Waals surface area contributed by atoms with Crippen LogP contribution in [0.3, 0.4) is 0 Å². The summed E-state index contributed by atoms with van der Waals surface area (Å²) >= 11 is 1.54. The SMILES string of the molecule is CO[C@@H]1C[C@@H]([C@H](C)Oc2cc(-c3ccn(C4COC4)n3)nc(-c3noc4c3CCC[C@@]43CCCc4sc(N)c(C#N)c43)n2)N(C)C1. The zero-order valence-electron chi connectivity index (χ0n) is 26.4. The minimum absolute atomic E-state index is 0.144. The first-order valence-corrected chi connectivity index (χ1v) is 16.9.